The van der Waals surface area contributed by atoms with E-state index in [0.717, 1.165) is 23.9 Å². The number of likely N-dealkylation sites (tertiary alicyclic amines) is 1. The second-order valence-electron chi connectivity index (χ2n) is 5.76. The molecule has 0 spiro atoms. The Morgan fingerprint density at radius 2 is 2.20 bits per heavy atom. The van der Waals surface area contributed by atoms with Crippen molar-refractivity contribution in [2.24, 2.45) is 5.73 Å². The molecule has 112 valence electrons. The number of hydrogen-bond donors (Lipinski definition) is 1. The average molecular weight is 276 g/mol. The molecule has 3 nitrogen and oxygen atoms in total. The molecule has 0 aliphatic carbocycles. The number of nitrogens with zero attached hydrogens (tertiary/aromatic N) is 1. The van der Waals surface area contributed by atoms with Gasteiger partial charge in [0.15, 0.2) is 0 Å². The first-order valence-corrected chi connectivity index (χ1v) is 7.88. The van der Waals surface area contributed by atoms with Crippen molar-refractivity contribution < 1.29 is 4.74 Å². The molecule has 0 bridgehead atoms. The van der Waals surface area contributed by atoms with E-state index in [4.69, 9.17) is 10.5 Å². The van der Waals surface area contributed by atoms with Crippen LogP contribution in [0.5, 0.6) is 5.75 Å². The van der Waals surface area contributed by atoms with Crippen molar-refractivity contribution in [3.05, 3.63) is 29.3 Å². The molecule has 1 aromatic rings. The maximum Gasteiger partial charge on any atom is 0.123 e. The van der Waals surface area contributed by atoms with Crippen LogP contribution in [-0.2, 0) is 13.1 Å². The maximum atomic E-state index is 5.81. The monoisotopic (exact) mass is 276 g/mol. The lowest BCUT2D eigenvalue weighted by molar-refractivity contribution is 0.131. The second kappa shape index (κ2) is 7.65. The SMILES string of the molecule is CCCC1CCCCN1Cc1ccc(OC)c(CN)c1. The molecule has 1 aliphatic rings. The number of rotatable bonds is 6. The van der Waals surface area contributed by atoms with Gasteiger partial charge in [0.25, 0.3) is 0 Å². The Bertz CT molecular complexity index is 417. The minimum Gasteiger partial charge on any atom is -0.496 e. The second-order valence-corrected chi connectivity index (χ2v) is 5.76. The zero-order valence-corrected chi connectivity index (χ0v) is 12.9. The predicted octanol–water partition coefficient (Wildman–Crippen LogP) is 3.31. The first-order valence-electron chi connectivity index (χ1n) is 7.88. The third kappa shape index (κ3) is 3.74. The Hall–Kier alpha value is -1.06. The summed E-state index contributed by atoms with van der Waals surface area (Å²) in [6, 6.07) is 7.19. The van der Waals surface area contributed by atoms with Crippen LogP contribution in [-0.4, -0.2) is 24.6 Å². The normalized spacial score (nSPS) is 20.1. The van der Waals surface area contributed by atoms with Gasteiger partial charge < -0.3 is 10.5 Å². The summed E-state index contributed by atoms with van der Waals surface area (Å²) in [6.45, 7) is 5.10. The minimum absolute atomic E-state index is 0.537. The van der Waals surface area contributed by atoms with E-state index >= 15 is 0 Å². The highest BCUT2D eigenvalue weighted by Crippen LogP contribution is 2.25. The van der Waals surface area contributed by atoms with Crippen molar-refractivity contribution in [1.29, 1.82) is 0 Å². The fourth-order valence-corrected chi connectivity index (χ4v) is 3.25. The highest BCUT2D eigenvalue weighted by molar-refractivity contribution is 5.37. The van der Waals surface area contributed by atoms with Gasteiger partial charge in [0, 0.05) is 24.7 Å². The highest BCUT2D eigenvalue weighted by atomic mass is 16.5. The molecule has 2 N–H and O–H groups in total. The molecular weight excluding hydrogens is 248 g/mol. The summed E-state index contributed by atoms with van der Waals surface area (Å²) in [5, 5.41) is 0. The van der Waals surface area contributed by atoms with Gasteiger partial charge in [0.1, 0.15) is 5.75 Å². The van der Waals surface area contributed by atoms with Gasteiger partial charge in [0.05, 0.1) is 7.11 Å². The lowest BCUT2D eigenvalue weighted by atomic mass is 9.97. The van der Waals surface area contributed by atoms with Gasteiger partial charge in [-0.3, -0.25) is 4.90 Å². The third-order valence-corrected chi connectivity index (χ3v) is 4.32. The molecule has 1 aliphatic heterocycles. The van der Waals surface area contributed by atoms with Crippen LogP contribution in [0.3, 0.4) is 0 Å². The standard InChI is InChI=1S/C17H28N2O/c1-3-6-16-7-4-5-10-19(16)13-14-8-9-17(20-2)15(11-14)12-18/h8-9,11,16H,3-7,10,12-13,18H2,1-2H3. The van der Waals surface area contributed by atoms with Crippen molar-refractivity contribution in [3.63, 3.8) is 0 Å². The average Bonchev–Trinajstić information content (AvgIpc) is 2.49. The summed E-state index contributed by atoms with van der Waals surface area (Å²) in [4.78, 5) is 2.65. The summed E-state index contributed by atoms with van der Waals surface area (Å²) in [5.41, 5.74) is 8.27. The Morgan fingerprint density at radius 3 is 2.90 bits per heavy atom. The molecule has 2 rings (SSSR count). The van der Waals surface area contributed by atoms with Crippen molar-refractivity contribution in [2.75, 3.05) is 13.7 Å². The van der Waals surface area contributed by atoms with Crippen molar-refractivity contribution in [3.8, 4) is 5.75 Å². The fourth-order valence-electron chi connectivity index (χ4n) is 3.25. The van der Waals surface area contributed by atoms with Crippen LogP contribution in [0, 0.1) is 0 Å². The van der Waals surface area contributed by atoms with Gasteiger partial charge in [-0.15, -0.1) is 0 Å². The molecule has 0 saturated carbocycles. The van der Waals surface area contributed by atoms with E-state index in [1.54, 1.807) is 7.11 Å². The van der Waals surface area contributed by atoms with Crippen molar-refractivity contribution in [2.45, 2.75) is 58.2 Å². The van der Waals surface area contributed by atoms with Crippen molar-refractivity contribution >= 4 is 0 Å². The van der Waals surface area contributed by atoms with E-state index < -0.39 is 0 Å². The molecule has 1 unspecified atom stereocenters. The number of hydrogen-bond acceptors (Lipinski definition) is 3. The van der Waals surface area contributed by atoms with E-state index in [-0.39, 0.29) is 0 Å². The molecule has 20 heavy (non-hydrogen) atoms. The fraction of sp³-hybridized carbons (Fsp3) is 0.647. The zero-order chi connectivity index (χ0) is 14.4. The van der Waals surface area contributed by atoms with E-state index in [1.807, 2.05) is 0 Å². The number of nitrogens with two attached hydrogens (primary N) is 1. The van der Waals surface area contributed by atoms with Gasteiger partial charge in [0.2, 0.25) is 0 Å². The van der Waals surface area contributed by atoms with Crippen molar-refractivity contribution in [1.82, 2.24) is 4.90 Å². The summed E-state index contributed by atoms with van der Waals surface area (Å²) >= 11 is 0. The largest absolute Gasteiger partial charge is 0.496 e. The zero-order valence-electron chi connectivity index (χ0n) is 12.9. The van der Waals surface area contributed by atoms with Crippen LogP contribution in [0.4, 0.5) is 0 Å². The lowest BCUT2D eigenvalue weighted by Gasteiger charge is -2.35. The number of piperidine rings is 1. The first-order chi connectivity index (χ1) is 9.78. The Morgan fingerprint density at radius 1 is 1.35 bits per heavy atom. The summed E-state index contributed by atoms with van der Waals surface area (Å²) in [6.07, 6.45) is 6.67. The first kappa shape index (κ1) is 15.3. The van der Waals surface area contributed by atoms with E-state index in [2.05, 4.69) is 30.0 Å². The Balaban J connectivity index is 2.07. The third-order valence-electron chi connectivity index (χ3n) is 4.32. The van der Waals surface area contributed by atoms with Crippen LogP contribution >= 0.6 is 0 Å². The molecule has 0 radical (unpaired) electrons. The van der Waals surface area contributed by atoms with Gasteiger partial charge in [-0.05, 0) is 43.5 Å². The topological polar surface area (TPSA) is 38.5 Å². The predicted molar refractivity (Wildman–Crippen MR) is 83.8 cm³/mol. The van der Waals surface area contributed by atoms with E-state index in [0.29, 0.717) is 6.54 Å². The molecule has 1 saturated heterocycles. The van der Waals surface area contributed by atoms with Crippen LogP contribution in [0.1, 0.15) is 50.2 Å². The molecular formula is C17H28N2O. The van der Waals surface area contributed by atoms with Crippen LogP contribution in [0.15, 0.2) is 18.2 Å². The quantitative estimate of drug-likeness (QED) is 0.866. The minimum atomic E-state index is 0.537. The van der Waals surface area contributed by atoms with Gasteiger partial charge in [-0.2, -0.15) is 0 Å². The maximum absolute atomic E-state index is 5.81. The smallest absolute Gasteiger partial charge is 0.123 e. The lowest BCUT2D eigenvalue weighted by Crippen LogP contribution is -2.38. The van der Waals surface area contributed by atoms with Gasteiger partial charge in [-0.25, -0.2) is 0 Å². The number of benzene rings is 1. The highest BCUT2D eigenvalue weighted by Gasteiger charge is 2.21. The summed E-state index contributed by atoms with van der Waals surface area (Å²) in [5.74, 6) is 0.903. The molecule has 1 fully saturated rings. The molecule has 0 aromatic heterocycles. The molecule has 3 heteroatoms. The van der Waals surface area contributed by atoms with Crippen LogP contribution in [0.25, 0.3) is 0 Å². The Labute approximate surface area is 123 Å². The molecule has 1 atom stereocenters. The number of ether oxygens (including phenoxy) is 1. The number of methoxy groups -OCH3 is 1. The van der Waals surface area contributed by atoms with Crippen LogP contribution in [0.2, 0.25) is 0 Å². The molecule has 0 amide bonds. The van der Waals surface area contributed by atoms with E-state index in [1.165, 1.54) is 44.2 Å². The summed E-state index contributed by atoms with van der Waals surface area (Å²) in [7, 11) is 1.70. The molecule has 1 heterocycles. The molecule has 1 aromatic carbocycles. The van der Waals surface area contributed by atoms with Gasteiger partial charge in [-0.1, -0.05) is 25.8 Å². The van der Waals surface area contributed by atoms with E-state index in [9.17, 15) is 0 Å². The van der Waals surface area contributed by atoms with Gasteiger partial charge >= 0.3 is 0 Å². The van der Waals surface area contributed by atoms with Crippen LogP contribution < -0.4 is 10.5 Å². The Kier molecular flexibility index (Phi) is 5.86. The summed E-state index contributed by atoms with van der Waals surface area (Å²) < 4.78 is 5.35.